The van der Waals surface area contributed by atoms with Gasteiger partial charge in [-0.3, -0.25) is 0 Å². The maximum atomic E-state index is 10.0. The fourth-order valence-corrected chi connectivity index (χ4v) is 4.67. The van der Waals surface area contributed by atoms with E-state index in [9.17, 15) is 5.11 Å². The third-order valence-electron chi connectivity index (χ3n) is 6.01. The Morgan fingerprint density at radius 2 is 1.91 bits per heavy atom. The molecule has 1 N–H and O–H groups in total. The standard InChI is InChI=1S/C21H33NO/c1-2-14-22(15-13-17-7-4-3-5-8-17)19-11-12-20-18(16-19)9-6-10-21(20)23/h6,9-10,17,19,23H,2-5,7-8,11-16H2,1H3/t19-/m1/s1. The number of fused-ring (bicyclic) bond motifs is 1. The second-order valence-corrected chi connectivity index (χ2v) is 7.64. The second kappa shape index (κ2) is 8.19. The predicted octanol–water partition coefficient (Wildman–Crippen LogP) is 4.93. The first-order valence-corrected chi connectivity index (χ1v) is 9.81. The van der Waals surface area contributed by atoms with Crippen LogP contribution >= 0.6 is 0 Å². The van der Waals surface area contributed by atoms with Crippen LogP contribution in [0, 0.1) is 5.92 Å². The van der Waals surface area contributed by atoms with Gasteiger partial charge in [0.15, 0.2) is 0 Å². The number of aromatic hydroxyl groups is 1. The summed E-state index contributed by atoms with van der Waals surface area (Å²) in [5.41, 5.74) is 2.58. The van der Waals surface area contributed by atoms with E-state index in [0.717, 1.165) is 18.8 Å². The number of benzene rings is 1. The Labute approximate surface area is 141 Å². The highest BCUT2D eigenvalue weighted by Gasteiger charge is 2.26. The third kappa shape index (κ3) is 4.29. The van der Waals surface area contributed by atoms with Gasteiger partial charge in [0.1, 0.15) is 5.75 Å². The van der Waals surface area contributed by atoms with Crippen LogP contribution in [0.3, 0.4) is 0 Å². The fraction of sp³-hybridized carbons (Fsp3) is 0.714. The molecule has 1 atom stereocenters. The van der Waals surface area contributed by atoms with Gasteiger partial charge in [-0.25, -0.2) is 0 Å². The SMILES string of the molecule is CCCN(CCC1CCCCC1)[C@@H]1CCc2c(O)cccc2C1. The molecule has 1 aromatic rings. The van der Waals surface area contributed by atoms with Gasteiger partial charge < -0.3 is 10.0 Å². The largest absolute Gasteiger partial charge is 0.508 e. The first-order chi connectivity index (χ1) is 11.3. The van der Waals surface area contributed by atoms with E-state index in [4.69, 9.17) is 0 Å². The molecule has 0 heterocycles. The Hall–Kier alpha value is -1.02. The van der Waals surface area contributed by atoms with Crippen LogP contribution in [0.4, 0.5) is 0 Å². The quantitative estimate of drug-likeness (QED) is 0.804. The lowest BCUT2D eigenvalue weighted by Crippen LogP contribution is -2.41. The van der Waals surface area contributed by atoms with E-state index in [0.29, 0.717) is 11.8 Å². The summed E-state index contributed by atoms with van der Waals surface area (Å²) in [6.45, 7) is 4.80. The first kappa shape index (κ1) is 16.8. The molecule has 1 saturated carbocycles. The summed E-state index contributed by atoms with van der Waals surface area (Å²) >= 11 is 0. The van der Waals surface area contributed by atoms with Gasteiger partial charge >= 0.3 is 0 Å². The smallest absolute Gasteiger partial charge is 0.119 e. The lowest BCUT2D eigenvalue weighted by Gasteiger charge is -2.36. The van der Waals surface area contributed by atoms with Crippen molar-refractivity contribution >= 4 is 0 Å². The van der Waals surface area contributed by atoms with Gasteiger partial charge in [-0.05, 0) is 68.3 Å². The molecule has 0 radical (unpaired) electrons. The van der Waals surface area contributed by atoms with E-state index in [1.165, 1.54) is 75.6 Å². The van der Waals surface area contributed by atoms with Crippen LogP contribution in [0.25, 0.3) is 0 Å². The Balaban J connectivity index is 1.60. The Kier molecular flexibility index (Phi) is 5.99. The molecule has 2 heteroatoms. The molecule has 2 nitrogen and oxygen atoms in total. The third-order valence-corrected chi connectivity index (χ3v) is 6.01. The Morgan fingerprint density at radius 1 is 1.09 bits per heavy atom. The normalized spacial score (nSPS) is 22.3. The average Bonchev–Trinajstić information content (AvgIpc) is 2.59. The highest BCUT2D eigenvalue weighted by Crippen LogP contribution is 2.32. The van der Waals surface area contributed by atoms with Crippen LogP contribution in [-0.4, -0.2) is 29.1 Å². The van der Waals surface area contributed by atoms with Crippen molar-refractivity contribution in [3.8, 4) is 5.75 Å². The minimum Gasteiger partial charge on any atom is -0.508 e. The van der Waals surface area contributed by atoms with Crippen LogP contribution < -0.4 is 0 Å². The molecule has 2 aliphatic rings. The van der Waals surface area contributed by atoms with Gasteiger partial charge in [-0.15, -0.1) is 0 Å². The van der Waals surface area contributed by atoms with Gasteiger partial charge in [0.05, 0.1) is 0 Å². The maximum absolute atomic E-state index is 10.0. The fourth-order valence-electron chi connectivity index (χ4n) is 4.67. The van der Waals surface area contributed by atoms with Crippen LogP contribution in [0.1, 0.15) is 69.4 Å². The molecular weight excluding hydrogens is 282 g/mol. The summed E-state index contributed by atoms with van der Waals surface area (Å²) in [5, 5.41) is 10.0. The monoisotopic (exact) mass is 315 g/mol. The Bertz CT molecular complexity index is 493. The highest BCUT2D eigenvalue weighted by atomic mass is 16.3. The Morgan fingerprint density at radius 3 is 2.70 bits per heavy atom. The number of hydrogen-bond donors (Lipinski definition) is 1. The summed E-state index contributed by atoms with van der Waals surface area (Å²) in [6, 6.07) is 6.73. The lowest BCUT2D eigenvalue weighted by atomic mass is 9.85. The molecule has 0 bridgehead atoms. The van der Waals surface area contributed by atoms with Gasteiger partial charge in [0.25, 0.3) is 0 Å². The van der Waals surface area contributed by atoms with E-state index < -0.39 is 0 Å². The van der Waals surface area contributed by atoms with Crippen LogP contribution in [0.5, 0.6) is 5.75 Å². The number of rotatable bonds is 6. The van der Waals surface area contributed by atoms with Crippen LogP contribution in [0.2, 0.25) is 0 Å². The van der Waals surface area contributed by atoms with E-state index in [2.05, 4.69) is 17.9 Å². The van der Waals surface area contributed by atoms with E-state index in [1.807, 2.05) is 12.1 Å². The number of hydrogen-bond acceptors (Lipinski definition) is 2. The van der Waals surface area contributed by atoms with Crippen molar-refractivity contribution in [2.75, 3.05) is 13.1 Å². The lowest BCUT2D eigenvalue weighted by molar-refractivity contribution is 0.160. The van der Waals surface area contributed by atoms with E-state index >= 15 is 0 Å². The van der Waals surface area contributed by atoms with Crippen LogP contribution in [-0.2, 0) is 12.8 Å². The van der Waals surface area contributed by atoms with Crippen molar-refractivity contribution in [3.63, 3.8) is 0 Å². The molecule has 0 unspecified atom stereocenters. The molecule has 23 heavy (non-hydrogen) atoms. The van der Waals surface area contributed by atoms with Crippen LogP contribution in [0.15, 0.2) is 18.2 Å². The van der Waals surface area contributed by atoms with Gasteiger partial charge in [-0.2, -0.15) is 0 Å². The molecule has 0 aliphatic heterocycles. The van der Waals surface area contributed by atoms with Gasteiger partial charge in [-0.1, -0.05) is 51.2 Å². The summed E-state index contributed by atoms with van der Waals surface area (Å²) in [4.78, 5) is 2.75. The van der Waals surface area contributed by atoms with Crippen molar-refractivity contribution in [2.24, 2.45) is 5.92 Å². The first-order valence-electron chi connectivity index (χ1n) is 9.81. The van der Waals surface area contributed by atoms with Crippen molar-refractivity contribution in [1.82, 2.24) is 4.90 Å². The molecule has 3 rings (SSSR count). The molecule has 0 aromatic heterocycles. The number of phenolic OH excluding ortho intramolecular Hbond substituents is 1. The molecule has 0 amide bonds. The topological polar surface area (TPSA) is 23.5 Å². The zero-order valence-electron chi connectivity index (χ0n) is 14.8. The van der Waals surface area contributed by atoms with Gasteiger partial charge in [0.2, 0.25) is 0 Å². The molecule has 0 spiro atoms. The van der Waals surface area contributed by atoms with Crippen molar-refractivity contribution < 1.29 is 5.11 Å². The van der Waals surface area contributed by atoms with E-state index in [-0.39, 0.29) is 0 Å². The molecule has 0 saturated heterocycles. The summed E-state index contributed by atoms with van der Waals surface area (Å²) in [7, 11) is 0. The molecule has 128 valence electrons. The molecule has 2 aliphatic carbocycles. The highest BCUT2D eigenvalue weighted by molar-refractivity contribution is 5.41. The number of nitrogens with zero attached hydrogens (tertiary/aromatic N) is 1. The van der Waals surface area contributed by atoms with Gasteiger partial charge in [0, 0.05) is 6.04 Å². The maximum Gasteiger partial charge on any atom is 0.119 e. The molecular formula is C21H33NO. The second-order valence-electron chi connectivity index (χ2n) is 7.64. The van der Waals surface area contributed by atoms with Crippen molar-refractivity contribution in [2.45, 2.75) is 77.2 Å². The zero-order valence-corrected chi connectivity index (χ0v) is 14.8. The average molecular weight is 316 g/mol. The minimum absolute atomic E-state index is 0.505. The molecule has 1 fully saturated rings. The summed E-state index contributed by atoms with van der Waals surface area (Å²) in [6.07, 6.45) is 13.3. The number of phenols is 1. The zero-order chi connectivity index (χ0) is 16.1. The van der Waals surface area contributed by atoms with Crippen molar-refractivity contribution in [1.29, 1.82) is 0 Å². The van der Waals surface area contributed by atoms with Crippen molar-refractivity contribution in [3.05, 3.63) is 29.3 Å². The molecule has 1 aromatic carbocycles. The predicted molar refractivity (Wildman–Crippen MR) is 97.0 cm³/mol. The summed E-state index contributed by atoms with van der Waals surface area (Å²) in [5.74, 6) is 1.48. The summed E-state index contributed by atoms with van der Waals surface area (Å²) < 4.78 is 0. The van der Waals surface area contributed by atoms with E-state index in [1.54, 1.807) is 0 Å². The minimum atomic E-state index is 0.505.